The molecule has 2 amide bonds. The Labute approximate surface area is 249 Å². The van der Waals surface area contributed by atoms with Crippen molar-refractivity contribution in [2.45, 2.75) is 0 Å². The number of hydrogen-bond donors (Lipinski definition) is 2. The molecule has 210 valence electrons. The van der Waals surface area contributed by atoms with Crippen molar-refractivity contribution < 1.29 is 18.8 Å². The van der Waals surface area contributed by atoms with Crippen LogP contribution in [0.4, 0.5) is 10.1 Å². The van der Waals surface area contributed by atoms with Crippen molar-refractivity contribution >= 4 is 35.4 Å². The summed E-state index contributed by atoms with van der Waals surface area (Å²) in [4.78, 5) is 38.7. The molecule has 6 heteroatoms. The third-order valence-corrected chi connectivity index (χ3v) is 6.61. The first-order valence-electron chi connectivity index (χ1n) is 13.6. The summed E-state index contributed by atoms with van der Waals surface area (Å²) in [6.07, 6.45) is 4.53. The van der Waals surface area contributed by atoms with Crippen LogP contribution in [0.1, 0.15) is 31.8 Å². The number of nitrogens with one attached hydrogen (secondary N) is 2. The maximum atomic E-state index is 14.4. The van der Waals surface area contributed by atoms with Crippen LogP contribution in [0.15, 0.2) is 145 Å². The zero-order valence-electron chi connectivity index (χ0n) is 23.0. The number of ketones is 1. The lowest BCUT2D eigenvalue weighted by molar-refractivity contribution is -0.113. The van der Waals surface area contributed by atoms with Crippen molar-refractivity contribution in [3.63, 3.8) is 0 Å². The minimum Gasteiger partial charge on any atom is -0.321 e. The Balaban J connectivity index is 1.26. The molecule has 0 aliphatic heterocycles. The summed E-state index contributed by atoms with van der Waals surface area (Å²) < 4.78 is 14.4. The topological polar surface area (TPSA) is 75.3 Å². The van der Waals surface area contributed by atoms with Gasteiger partial charge in [-0.15, -0.1) is 0 Å². The molecule has 0 radical (unpaired) electrons. The zero-order chi connectivity index (χ0) is 30.0. The van der Waals surface area contributed by atoms with Gasteiger partial charge in [-0.25, -0.2) is 4.39 Å². The SMILES string of the molecule is O=C(Nc1ccc(C(=O)/C=C/c2ccc(-c3ccccc3)cc2)cc1)/C(=C/c1ccccc1F)NC(=O)c1ccccc1. The van der Waals surface area contributed by atoms with Crippen LogP contribution in [-0.4, -0.2) is 17.6 Å². The second-order valence-electron chi connectivity index (χ2n) is 9.62. The summed E-state index contributed by atoms with van der Waals surface area (Å²) in [5, 5.41) is 5.29. The van der Waals surface area contributed by atoms with Gasteiger partial charge in [0.2, 0.25) is 0 Å². The number of carbonyl (C=O) groups excluding carboxylic acids is 3. The van der Waals surface area contributed by atoms with Gasteiger partial charge in [-0.3, -0.25) is 14.4 Å². The van der Waals surface area contributed by atoms with E-state index >= 15 is 0 Å². The number of benzene rings is 5. The molecule has 5 rings (SSSR count). The highest BCUT2D eigenvalue weighted by Gasteiger charge is 2.16. The van der Waals surface area contributed by atoms with E-state index in [0.717, 1.165) is 16.7 Å². The quantitative estimate of drug-likeness (QED) is 0.141. The molecule has 5 aromatic carbocycles. The molecule has 5 aromatic rings. The first-order chi connectivity index (χ1) is 21.0. The number of rotatable bonds is 9. The molecule has 0 saturated heterocycles. The number of amides is 2. The van der Waals surface area contributed by atoms with Gasteiger partial charge in [0.05, 0.1) is 0 Å². The van der Waals surface area contributed by atoms with Crippen molar-refractivity contribution in [2.75, 3.05) is 5.32 Å². The fourth-order valence-electron chi connectivity index (χ4n) is 4.29. The van der Waals surface area contributed by atoms with Gasteiger partial charge in [-0.05, 0) is 71.3 Å². The maximum Gasteiger partial charge on any atom is 0.272 e. The van der Waals surface area contributed by atoms with Crippen LogP contribution in [0.3, 0.4) is 0 Å². The highest BCUT2D eigenvalue weighted by Crippen LogP contribution is 2.20. The van der Waals surface area contributed by atoms with Gasteiger partial charge < -0.3 is 10.6 Å². The number of hydrogen-bond acceptors (Lipinski definition) is 3. The fourth-order valence-corrected chi connectivity index (χ4v) is 4.29. The third-order valence-electron chi connectivity index (χ3n) is 6.61. The van der Waals surface area contributed by atoms with Gasteiger partial charge >= 0.3 is 0 Å². The average molecular weight is 567 g/mol. The van der Waals surface area contributed by atoms with E-state index in [1.54, 1.807) is 66.7 Å². The van der Waals surface area contributed by atoms with Gasteiger partial charge in [0.15, 0.2) is 5.78 Å². The molecular weight excluding hydrogens is 539 g/mol. The van der Waals surface area contributed by atoms with Crippen LogP contribution in [0, 0.1) is 5.82 Å². The second kappa shape index (κ2) is 13.7. The minimum absolute atomic E-state index is 0.139. The molecule has 0 unspecified atom stereocenters. The number of halogens is 1. The monoisotopic (exact) mass is 566 g/mol. The van der Waals surface area contributed by atoms with E-state index in [9.17, 15) is 18.8 Å². The van der Waals surface area contributed by atoms with Gasteiger partial charge in [-0.2, -0.15) is 0 Å². The van der Waals surface area contributed by atoms with Crippen molar-refractivity contribution in [3.05, 3.63) is 173 Å². The van der Waals surface area contributed by atoms with E-state index in [4.69, 9.17) is 0 Å². The highest BCUT2D eigenvalue weighted by molar-refractivity contribution is 6.11. The molecule has 0 fully saturated rings. The Bertz CT molecular complexity index is 1800. The molecule has 0 aliphatic carbocycles. The normalized spacial score (nSPS) is 11.2. The summed E-state index contributed by atoms with van der Waals surface area (Å²) in [5.41, 5.74) is 4.29. The maximum absolute atomic E-state index is 14.4. The van der Waals surface area contributed by atoms with Gasteiger partial charge in [0, 0.05) is 22.4 Å². The first-order valence-corrected chi connectivity index (χ1v) is 13.6. The number of carbonyl (C=O) groups is 3. The van der Waals surface area contributed by atoms with Crippen LogP contribution < -0.4 is 10.6 Å². The first kappa shape index (κ1) is 28.6. The molecule has 0 saturated carbocycles. The summed E-state index contributed by atoms with van der Waals surface area (Å²) in [7, 11) is 0. The minimum atomic E-state index is -0.648. The Hall–Kier alpha value is -5.88. The zero-order valence-corrected chi connectivity index (χ0v) is 23.0. The highest BCUT2D eigenvalue weighted by atomic mass is 19.1. The summed E-state index contributed by atoms with van der Waals surface area (Å²) >= 11 is 0. The van der Waals surface area contributed by atoms with E-state index in [2.05, 4.69) is 10.6 Å². The lowest BCUT2D eigenvalue weighted by atomic mass is 10.0. The molecule has 2 N–H and O–H groups in total. The third kappa shape index (κ3) is 7.65. The van der Waals surface area contributed by atoms with Gasteiger partial charge in [0.1, 0.15) is 11.5 Å². The van der Waals surface area contributed by atoms with Crippen molar-refractivity contribution in [1.29, 1.82) is 0 Å². The van der Waals surface area contributed by atoms with E-state index < -0.39 is 17.6 Å². The molecule has 43 heavy (non-hydrogen) atoms. The standard InChI is InChI=1S/C37H27FN2O3/c38-33-14-8-7-13-31(33)25-34(40-36(42)30-11-5-2-6-12-30)37(43)39-32-22-20-29(21-23-32)35(41)24-17-26-15-18-28(19-16-26)27-9-3-1-4-10-27/h1-25H,(H,39,43)(H,40,42)/b24-17+,34-25-. The van der Waals surface area contributed by atoms with E-state index in [0.29, 0.717) is 16.8 Å². The number of anilines is 1. The van der Waals surface area contributed by atoms with E-state index in [1.807, 2.05) is 54.6 Å². The van der Waals surface area contributed by atoms with Gasteiger partial charge in [0.25, 0.3) is 11.8 Å². The van der Waals surface area contributed by atoms with Gasteiger partial charge in [-0.1, -0.05) is 97.1 Å². The predicted octanol–water partition coefficient (Wildman–Crippen LogP) is 7.80. The van der Waals surface area contributed by atoms with Crippen LogP contribution in [-0.2, 0) is 4.79 Å². The summed E-state index contributed by atoms with van der Waals surface area (Å²) in [5.74, 6) is -1.89. The molecule has 0 aromatic heterocycles. The Morgan fingerprint density at radius 3 is 1.88 bits per heavy atom. The van der Waals surface area contributed by atoms with Crippen LogP contribution in [0.2, 0.25) is 0 Å². The molecule has 5 nitrogen and oxygen atoms in total. The van der Waals surface area contributed by atoms with Crippen LogP contribution >= 0.6 is 0 Å². The molecule has 0 spiro atoms. The lowest BCUT2D eigenvalue weighted by Gasteiger charge is -2.12. The van der Waals surface area contributed by atoms with Crippen molar-refractivity contribution in [3.8, 4) is 11.1 Å². The molecular formula is C37H27FN2O3. The van der Waals surface area contributed by atoms with Crippen LogP contribution in [0.5, 0.6) is 0 Å². The van der Waals surface area contributed by atoms with E-state index in [-0.39, 0.29) is 17.0 Å². The Morgan fingerprint density at radius 2 is 1.21 bits per heavy atom. The molecule has 0 aliphatic rings. The average Bonchev–Trinajstić information content (AvgIpc) is 3.05. The summed E-state index contributed by atoms with van der Waals surface area (Å²) in [6, 6.07) is 38.7. The second-order valence-corrected chi connectivity index (χ2v) is 9.62. The van der Waals surface area contributed by atoms with E-state index in [1.165, 1.54) is 30.4 Å². The summed E-state index contributed by atoms with van der Waals surface area (Å²) in [6.45, 7) is 0. The van der Waals surface area contributed by atoms with Crippen molar-refractivity contribution in [2.24, 2.45) is 0 Å². The predicted molar refractivity (Wildman–Crippen MR) is 169 cm³/mol. The smallest absolute Gasteiger partial charge is 0.272 e. The Kier molecular flexibility index (Phi) is 9.10. The van der Waals surface area contributed by atoms with Crippen LogP contribution in [0.25, 0.3) is 23.3 Å². The Morgan fingerprint density at radius 1 is 0.605 bits per heavy atom. The molecule has 0 atom stereocenters. The van der Waals surface area contributed by atoms with Crippen molar-refractivity contribution in [1.82, 2.24) is 5.32 Å². The molecule has 0 bridgehead atoms. The lowest BCUT2D eigenvalue weighted by Crippen LogP contribution is -2.30. The largest absolute Gasteiger partial charge is 0.321 e. The molecule has 0 heterocycles. The number of allylic oxidation sites excluding steroid dienone is 1. The fraction of sp³-hybridized carbons (Fsp3) is 0.